The molecule has 5 heteroatoms. The minimum Gasteiger partial charge on any atom is -0.152 e. The topological polar surface area (TPSA) is 0 Å². The van der Waals surface area contributed by atoms with E-state index in [0.29, 0.717) is 0 Å². The Bertz CT molecular complexity index is 11.6. The van der Waals surface area contributed by atoms with Crippen LogP contribution in [0, 0.1) is 0 Å². The Morgan fingerprint density at radius 2 is 1.00 bits per heavy atom. The van der Waals surface area contributed by atoms with Crippen LogP contribution in [0.15, 0.2) is 0 Å². The van der Waals surface area contributed by atoms with Gasteiger partial charge in [0.15, 0.2) is 0 Å². The Labute approximate surface area is 43.1 Å². The zero-order valence-electron chi connectivity index (χ0n) is 1.90. The van der Waals surface area contributed by atoms with Gasteiger partial charge in [-0.2, -0.15) is 12.6 Å². The Kier molecular flexibility index (Phi) is 9.15. The van der Waals surface area contributed by atoms with Crippen LogP contribution in [0.25, 0.3) is 0 Å². The van der Waals surface area contributed by atoms with Crippen LogP contribution >= 0.6 is 8.85 Å². The van der Waals surface area contributed by atoms with Crippen molar-refractivity contribution in [1.29, 1.82) is 0 Å². The fourth-order valence-corrected chi connectivity index (χ4v) is 0. The van der Waals surface area contributed by atoms with Crippen molar-refractivity contribution >= 4 is 8.85 Å². The van der Waals surface area contributed by atoms with Crippen molar-refractivity contribution in [3.63, 3.8) is 0 Å². The predicted octanol–water partition coefficient (Wildman–Crippen LogP) is 2.12. The van der Waals surface area contributed by atoms with E-state index >= 15 is 0 Å². The minimum atomic E-state index is -4.12. The van der Waals surface area contributed by atoms with Gasteiger partial charge in [-0.3, -0.25) is 0 Å². The summed E-state index contributed by atoms with van der Waals surface area (Å²) in [6.45, 7) is 0. The van der Waals surface area contributed by atoms with Crippen LogP contribution in [0.3, 0.4) is 0 Å². The summed E-state index contributed by atoms with van der Waals surface area (Å²) < 4.78 is 29.2. The Balaban J connectivity index is 0. The largest absolute Gasteiger partial charge is 2.00 e. The van der Waals surface area contributed by atoms with Gasteiger partial charge in [-0.05, 0) is 0 Å². The van der Waals surface area contributed by atoms with Crippen molar-refractivity contribution in [3.05, 3.63) is 0 Å². The molecule has 0 radical (unpaired) electrons. The van der Waals surface area contributed by atoms with E-state index in [1.165, 1.54) is 0 Å². The van der Waals surface area contributed by atoms with Crippen molar-refractivity contribution in [2.45, 2.75) is 0 Å². The second-order valence-corrected chi connectivity index (χ2v) is 0.575. The molecule has 0 saturated carbocycles. The summed E-state index contributed by atoms with van der Waals surface area (Å²) in [5, 5.41) is 0. The van der Waals surface area contributed by atoms with Gasteiger partial charge in [0.25, 0.3) is 0 Å². The van der Waals surface area contributed by atoms with Gasteiger partial charge in [-0.1, -0.05) is 0 Å². The summed E-state index contributed by atoms with van der Waals surface area (Å²) >= 11 is 0. The fourth-order valence-electron chi connectivity index (χ4n) is 0. The Morgan fingerprint density at radius 1 is 1.00 bits per heavy atom. The van der Waals surface area contributed by atoms with E-state index < -0.39 is 8.85 Å². The summed E-state index contributed by atoms with van der Waals surface area (Å²) in [7, 11) is -4.12. The molecule has 0 nitrogen and oxygen atoms in total. The predicted molar refractivity (Wildman–Crippen MR) is 10.2 cm³/mol. The van der Waals surface area contributed by atoms with Gasteiger partial charge in [0, 0.05) is 0 Å². The third-order valence-electron chi connectivity index (χ3n) is 0. The van der Waals surface area contributed by atoms with E-state index in [4.69, 9.17) is 0 Å². The van der Waals surface area contributed by atoms with E-state index in [2.05, 4.69) is 0 Å². The third kappa shape index (κ3) is 50.3. The van der Waals surface area contributed by atoms with E-state index in [0.717, 1.165) is 0 Å². The molecule has 5 heavy (non-hydrogen) atoms. The molecule has 0 aromatic carbocycles. The van der Waals surface area contributed by atoms with E-state index in [1.807, 2.05) is 0 Å². The molecule has 0 rings (SSSR count). The standard InChI is InChI=1S/F3P.Pt/c1-4(2)3;/q;+2. The van der Waals surface area contributed by atoms with E-state index in [-0.39, 0.29) is 21.1 Å². The first-order valence-electron chi connectivity index (χ1n) is 0.507. The van der Waals surface area contributed by atoms with Gasteiger partial charge >= 0.3 is 29.9 Å². The van der Waals surface area contributed by atoms with Gasteiger partial charge in [-0.25, -0.2) is 0 Å². The zero-order valence-corrected chi connectivity index (χ0v) is 5.06. The SMILES string of the molecule is FP(F)F.[Pt+2]. The molecular weight excluding hydrogens is 283 g/mol. The molecule has 0 unspecified atom stereocenters. The molecular formula is F3PPt+2. The van der Waals surface area contributed by atoms with Gasteiger partial charge in [0.1, 0.15) is 0 Å². The minimum absolute atomic E-state index is 0. The van der Waals surface area contributed by atoms with Crippen LogP contribution in [0.1, 0.15) is 0 Å². The first-order chi connectivity index (χ1) is 1.73. The molecule has 0 heterocycles. The molecule has 0 aliphatic heterocycles. The zero-order chi connectivity index (χ0) is 3.58. The maximum absolute atomic E-state index is 9.73. The Hall–Kier alpha value is 0.908. The average molecular weight is 283 g/mol. The maximum atomic E-state index is 9.73. The number of rotatable bonds is 0. The molecule has 0 aliphatic rings. The molecule has 0 aromatic rings. The first-order valence-corrected chi connectivity index (χ1v) is 1.52. The van der Waals surface area contributed by atoms with Crippen molar-refractivity contribution in [3.8, 4) is 0 Å². The molecule has 0 atom stereocenters. The molecule has 0 aromatic heterocycles. The van der Waals surface area contributed by atoms with Gasteiger partial charge in [-0.15, -0.1) is 0 Å². The van der Waals surface area contributed by atoms with Gasteiger partial charge < -0.3 is 0 Å². The van der Waals surface area contributed by atoms with Crippen LogP contribution < -0.4 is 0 Å². The number of hydrogen-bond acceptors (Lipinski definition) is 0. The quantitative estimate of drug-likeness (QED) is 0.597. The van der Waals surface area contributed by atoms with E-state index in [1.54, 1.807) is 0 Å². The van der Waals surface area contributed by atoms with Crippen LogP contribution in [-0.4, -0.2) is 0 Å². The molecule has 0 bridgehead atoms. The average Bonchev–Trinajstić information content (AvgIpc) is 0.811. The molecule has 34 valence electrons. The molecule has 0 saturated heterocycles. The second-order valence-electron chi connectivity index (χ2n) is 0.192. The second kappa shape index (κ2) is 4.91. The van der Waals surface area contributed by atoms with Crippen molar-refractivity contribution in [2.24, 2.45) is 0 Å². The summed E-state index contributed by atoms with van der Waals surface area (Å²) in [4.78, 5) is 0. The molecule has 0 spiro atoms. The van der Waals surface area contributed by atoms with Gasteiger partial charge in [0.05, 0.1) is 0 Å². The Morgan fingerprint density at radius 3 is 1.00 bits per heavy atom. The maximum Gasteiger partial charge on any atom is 2.00 e. The van der Waals surface area contributed by atoms with Crippen molar-refractivity contribution in [2.75, 3.05) is 0 Å². The summed E-state index contributed by atoms with van der Waals surface area (Å²) in [5.41, 5.74) is 0. The van der Waals surface area contributed by atoms with Crippen molar-refractivity contribution in [1.82, 2.24) is 0 Å². The smallest absolute Gasteiger partial charge is 0.152 e. The van der Waals surface area contributed by atoms with E-state index in [9.17, 15) is 12.6 Å². The monoisotopic (exact) mass is 283 g/mol. The molecule has 0 fully saturated rings. The van der Waals surface area contributed by atoms with Gasteiger partial charge in [0.2, 0.25) is 0 Å². The molecule has 0 amide bonds. The van der Waals surface area contributed by atoms with Crippen molar-refractivity contribution < 1.29 is 33.7 Å². The number of hydrogen-bond donors (Lipinski definition) is 0. The normalized spacial score (nSPS) is 7.20. The first kappa shape index (κ1) is 9.32. The summed E-state index contributed by atoms with van der Waals surface area (Å²) in [5.74, 6) is 0. The fraction of sp³-hybridized carbons (Fsp3) is 0. The summed E-state index contributed by atoms with van der Waals surface area (Å²) in [6.07, 6.45) is 0. The number of halogens is 3. The summed E-state index contributed by atoms with van der Waals surface area (Å²) in [6, 6.07) is 0. The third-order valence-corrected chi connectivity index (χ3v) is 0. The molecule has 0 N–H and O–H groups in total. The van der Waals surface area contributed by atoms with Crippen LogP contribution in [0.2, 0.25) is 0 Å². The molecule has 0 aliphatic carbocycles. The van der Waals surface area contributed by atoms with Crippen LogP contribution in [0.5, 0.6) is 0 Å². The van der Waals surface area contributed by atoms with Crippen LogP contribution in [-0.2, 0) is 21.1 Å². The van der Waals surface area contributed by atoms with Crippen LogP contribution in [0.4, 0.5) is 12.6 Å².